The average Bonchev–Trinajstić information content (AvgIpc) is 3.27. The van der Waals surface area contributed by atoms with E-state index >= 15 is 0 Å². The summed E-state index contributed by atoms with van der Waals surface area (Å²) in [5.41, 5.74) is 6.50. The summed E-state index contributed by atoms with van der Waals surface area (Å²) in [4.78, 5) is 18.1. The van der Waals surface area contributed by atoms with Crippen molar-refractivity contribution in [2.24, 2.45) is 10.7 Å². The number of carbonyl (C=O) groups excluding carboxylic acids is 1. The predicted octanol–water partition coefficient (Wildman–Crippen LogP) is 1.59. The second-order valence-corrected chi connectivity index (χ2v) is 5.76. The van der Waals surface area contributed by atoms with Crippen LogP contribution in [0.1, 0.15) is 23.2 Å². The molecule has 1 aliphatic rings. The quantitative estimate of drug-likeness (QED) is 0.486. The first kappa shape index (κ1) is 14.8. The van der Waals surface area contributed by atoms with Gasteiger partial charge in [0.05, 0.1) is 6.54 Å². The minimum atomic E-state index is -0.0955. The molecule has 0 aromatic heterocycles. The number of guanidine groups is 1. The van der Waals surface area contributed by atoms with E-state index in [4.69, 9.17) is 5.73 Å². The van der Waals surface area contributed by atoms with Crippen LogP contribution in [-0.4, -0.2) is 42.9 Å². The van der Waals surface area contributed by atoms with E-state index in [-0.39, 0.29) is 5.91 Å². The molecule has 0 radical (unpaired) electrons. The number of amides is 1. The Labute approximate surface area is 127 Å². The Balaban J connectivity index is 1.73. The Bertz CT molecular complexity index is 496. The van der Waals surface area contributed by atoms with Crippen molar-refractivity contribution in [3.63, 3.8) is 0 Å². The van der Waals surface area contributed by atoms with Gasteiger partial charge in [-0.3, -0.25) is 9.79 Å². The fourth-order valence-corrected chi connectivity index (χ4v) is 2.07. The molecule has 108 valence electrons. The number of aliphatic imine (C=N–C) groups is 1. The van der Waals surface area contributed by atoms with Crippen molar-refractivity contribution in [1.29, 1.82) is 0 Å². The van der Waals surface area contributed by atoms with Gasteiger partial charge in [0.15, 0.2) is 5.96 Å². The van der Waals surface area contributed by atoms with Gasteiger partial charge in [0.25, 0.3) is 5.91 Å². The molecule has 5 nitrogen and oxygen atoms in total. The fraction of sp³-hybridized carbons (Fsp3) is 0.429. The van der Waals surface area contributed by atoms with Gasteiger partial charge in [0.1, 0.15) is 0 Å². The first-order valence-electron chi connectivity index (χ1n) is 6.64. The molecule has 1 aliphatic carbocycles. The zero-order chi connectivity index (χ0) is 14.5. The summed E-state index contributed by atoms with van der Waals surface area (Å²) in [6.07, 6.45) is 2.38. The normalized spacial score (nSPS) is 15.0. The largest absolute Gasteiger partial charge is 0.370 e. The Morgan fingerprint density at radius 3 is 2.70 bits per heavy atom. The molecule has 0 unspecified atom stereocenters. The predicted molar refractivity (Wildman–Crippen MR) is 83.7 cm³/mol. The zero-order valence-electron chi connectivity index (χ0n) is 11.5. The average molecular weight is 339 g/mol. The van der Waals surface area contributed by atoms with Gasteiger partial charge in [-0.25, -0.2) is 0 Å². The number of rotatable bonds is 5. The van der Waals surface area contributed by atoms with Gasteiger partial charge >= 0.3 is 0 Å². The molecule has 0 spiro atoms. The van der Waals surface area contributed by atoms with Crippen molar-refractivity contribution >= 4 is 27.8 Å². The van der Waals surface area contributed by atoms with Gasteiger partial charge in [-0.15, -0.1) is 0 Å². The molecule has 1 fully saturated rings. The van der Waals surface area contributed by atoms with Crippen LogP contribution in [0, 0.1) is 0 Å². The number of nitrogens with two attached hydrogens (primary N) is 1. The molecule has 1 aromatic carbocycles. The first-order valence-corrected chi connectivity index (χ1v) is 7.44. The van der Waals surface area contributed by atoms with Gasteiger partial charge in [-0.05, 0) is 37.1 Å². The number of nitrogens with one attached hydrogen (secondary N) is 1. The zero-order valence-corrected chi connectivity index (χ0v) is 13.1. The number of benzene rings is 1. The summed E-state index contributed by atoms with van der Waals surface area (Å²) in [6.45, 7) is 0.971. The van der Waals surface area contributed by atoms with Crippen LogP contribution in [-0.2, 0) is 0 Å². The summed E-state index contributed by atoms with van der Waals surface area (Å²) < 4.78 is 0.953. The van der Waals surface area contributed by atoms with E-state index in [1.807, 2.05) is 24.1 Å². The van der Waals surface area contributed by atoms with Gasteiger partial charge in [-0.1, -0.05) is 15.9 Å². The third kappa shape index (κ3) is 4.23. The third-order valence-electron chi connectivity index (χ3n) is 3.23. The van der Waals surface area contributed by atoms with E-state index in [9.17, 15) is 4.79 Å². The van der Waals surface area contributed by atoms with E-state index in [1.54, 1.807) is 12.1 Å². The summed E-state index contributed by atoms with van der Waals surface area (Å²) >= 11 is 3.34. The first-order chi connectivity index (χ1) is 9.58. The number of carbonyl (C=O) groups is 1. The second kappa shape index (κ2) is 6.74. The van der Waals surface area contributed by atoms with Crippen molar-refractivity contribution in [2.45, 2.75) is 18.9 Å². The third-order valence-corrected chi connectivity index (χ3v) is 3.76. The van der Waals surface area contributed by atoms with Gasteiger partial charge in [0, 0.05) is 29.7 Å². The molecule has 20 heavy (non-hydrogen) atoms. The van der Waals surface area contributed by atoms with Crippen LogP contribution < -0.4 is 11.1 Å². The van der Waals surface area contributed by atoms with Gasteiger partial charge in [0.2, 0.25) is 0 Å². The molecule has 0 bridgehead atoms. The molecule has 0 atom stereocenters. The summed E-state index contributed by atoms with van der Waals surface area (Å²) in [5.74, 6) is 0.451. The topological polar surface area (TPSA) is 70.7 Å². The van der Waals surface area contributed by atoms with E-state index in [0.29, 0.717) is 30.7 Å². The molecule has 2 rings (SSSR count). The maximum Gasteiger partial charge on any atom is 0.251 e. The molecule has 0 aliphatic heterocycles. The summed E-state index contributed by atoms with van der Waals surface area (Å²) in [6, 6.07) is 7.79. The van der Waals surface area contributed by atoms with Gasteiger partial charge < -0.3 is 16.0 Å². The molecule has 0 saturated heterocycles. The number of hydrogen-bond donors (Lipinski definition) is 2. The Morgan fingerprint density at radius 1 is 1.45 bits per heavy atom. The smallest absolute Gasteiger partial charge is 0.251 e. The SMILES string of the molecule is CN(C(N)=NCCNC(=O)c1ccc(Br)cc1)C1CC1. The molecular formula is C14H19BrN4O. The molecular weight excluding hydrogens is 320 g/mol. The molecule has 3 N–H and O–H groups in total. The van der Waals surface area contributed by atoms with Crippen LogP contribution in [0.25, 0.3) is 0 Å². The van der Waals surface area contributed by atoms with Crippen molar-refractivity contribution in [3.8, 4) is 0 Å². The Hall–Kier alpha value is -1.56. The number of nitrogens with zero attached hydrogens (tertiary/aromatic N) is 2. The molecule has 6 heteroatoms. The van der Waals surface area contributed by atoms with E-state index in [1.165, 1.54) is 12.8 Å². The molecule has 1 saturated carbocycles. The van der Waals surface area contributed by atoms with E-state index in [0.717, 1.165) is 4.47 Å². The molecule has 1 amide bonds. The highest BCUT2D eigenvalue weighted by Crippen LogP contribution is 2.24. The lowest BCUT2D eigenvalue weighted by Crippen LogP contribution is -2.36. The lowest BCUT2D eigenvalue weighted by molar-refractivity contribution is 0.0955. The number of halogens is 1. The lowest BCUT2D eigenvalue weighted by atomic mass is 10.2. The van der Waals surface area contributed by atoms with Gasteiger partial charge in [-0.2, -0.15) is 0 Å². The van der Waals surface area contributed by atoms with Crippen LogP contribution in [0.5, 0.6) is 0 Å². The highest BCUT2D eigenvalue weighted by Gasteiger charge is 2.27. The molecule has 0 heterocycles. The van der Waals surface area contributed by atoms with Crippen molar-refractivity contribution < 1.29 is 4.79 Å². The lowest BCUT2D eigenvalue weighted by Gasteiger charge is -2.16. The highest BCUT2D eigenvalue weighted by molar-refractivity contribution is 9.10. The maximum atomic E-state index is 11.8. The van der Waals surface area contributed by atoms with Crippen LogP contribution in [0.2, 0.25) is 0 Å². The van der Waals surface area contributed by atoms with Crippen LogP contribution in [0.15, 0.2) is 33.7 Å². The number of hydrogen-bond acceptors (Lipinski definition) is 2. The minimum Gasteiger partial charge on any atom is -0.370 e. The maximum absolute atomic E-state index is 11.8. The van der Waals surface area contributed by atoms with Crippen molar-refractivity contribution in [2.75, 3.05) is 20.1 Å². The monoisotopic (exact) mass is 338 g/mol. The molecule has 1 aromatic rings. The second-order valence-electron chi connectivity index (χ2n) is 4.84. The van der Waals surface area contributed by atoms with E-state index in [2.05, 4.69) is 26.2 Å². The van der Waals surface area contributed by atoms with E-state index < -0.39 is 0 Å². The van der Waals surface area contributed by atoms with Crippen LogP contribution in [0.4, 0.5) is 0 Å². The van der Waals surface area contributed by atoms with Crippen molar-refractivity contribution in [3.05, 3.63) is 34.3 Å². The Kier molecular flexibility index (Phi) is 5.00. The Morgan fingerprint density at radius 2 is 2.10 bits per heavy atom. The highest BCUT2D eigenvalue weighted by atomic mass is 79.9. The summed E-state index contributed by atoms with van der Waals surface area (Å²) in [7, 11) is 1.96. The fourth-order valence-electron chi connectivity index (χ4n) is 1.80. The van der Waals surface area contributed by atoms with Crippen molar-refractivity contribution in [1.82, 2.24) is 10.2 Å². The minimum absolute atomic E-state index is 0.0955. The standard InChI is InChI=1S/C14H19BrN4O/c1-19(12-6-7-12)14(16)18-9-8-17-13(20)10-2-4-11(15)5-3-10/h2-5,12H,6-9H2,1H3,(H2,16,18)(H,17,20). The van der Waals surface area contributed by atoms with Crippen LogP contribution >= 0.6 is 15.9 Å². The summed E-state index contributed by atoms with van der Waals surface area (Å²) in [5, 5.41) is 2.82. The van der Waals surface area contributed by atoms with Crippen LogP contribution in [0.3, 0.4) is 0 Å².